The number of hydrogen-bond donors (Lipinski definition) is 2. The molecule has 0 aromatic heterocycles. The zero-order valence-electron chi connectivity index (χ0n) is 17.6. The van der Waals surface area contributed by atoms with Gasteiger partial charge < -0.3 is 25.0 Å². The molecule has 4 rings (SSSR count). The summed E-state index contributed by atoms with van der Waals surface area (Å²) in [5.74, 6) is 1.12. The van der Waals surface area contributed by atoms with Gasteiger partial charge in [0.1, 0.15) is 6.04 Å². The van der Waals surface area contributed by atoms with E-state index in [4.69, 9.17) is 9.47 Å². The lowest BCUT2D eigenvalue weighted by Crippen LogP contribution is -2.36. The first-order valence-corrected chi connectivity index (χ1v) is 10.2. The summed E-state index contributed by atoms with van der Waals surface area (Å²) in [6.07, 6.45) is 2.03. The number of fused-ring (bicyclic) bond motifs is 1. The van der Waals surface area contributed by atoms with E-state index >= 15 is 0 Å². The number of anilines is 1. The second-order valence-corrected chi connectivity index (χ2v) is 7.73. The molecule has 7 heteroatoms. The summed E-state index contributed by atoms with van der Waals surface area (Å²) >= 11 is 0. The number of aryl methyl sites for hydroxylation is 1. The Morgan fingerprint density at radius 3 is 2.53 bits per heavy atom. The minimum absolute atomic E-state index is 0.0160. The first-order valence-electron chi connectivity index (χ1n) is 10.2. The van der Waals surface area contributed by atoms with Crippen molar-refractivity contribution in [2.75, 3.05) is 32.6 Å². The summed E-state index contributed by atoms with van der Waals surface area (Å²) in [5, 5.41) is 6.25. The van der Waals surface area contributed by atoms with Crippen molar-refractivity contribution in [3.63, 3.8) is 0 Å². The van der Waals surface area contributed by atoms with Gasteiger partial charge in [-0.05, 0) is 60.7 Å². The van der Waals surface area contributed by atoms with Crippen LogP contribution in [-0.4, -0.2) is 44.0 Å². The molecular weight excluding hydrogens is 382 g/mol. The molecule has 30 heavy (non-hydrogen) atoms. The molecule has 7 nitrogen and oxygen atoms in total. The highest BCUT2D eigenvalue weighted by Crippen LogP contribution is 2.33. The van der Waals surface area contributed by atoms with Gasteiger partial charge in [-0.1, -0.05) is 6.07 Å². The van der Waals surface area contributed by atoms with Crippen molar-refractivity contribution < 1.29 is 19.1 Å². The summed E-state index contributed by atoms with van der Waals surface area (Å²) in [5.41, 5.74) is 4.23. The SMILES string of the molecule is COc1ccc(C(Nc2cc(C)c3c(c2)C(=O)NC3)C(=O)N2CCCC2)cc1OC. The summed E-state index contributed by atoms with van der Waals surface area (Å²) in [4.78, 5) is 27.5. The molecule has 158 valence electrons. The number of nitrogens with one attached hydrogen (secondary N) is 2. The number of likely N-dealkylation sites (tertiary alicyclic amines) is 1. The largest absolute Gasteiger partial charge is 0.493 e. The summed E-state index contributed by atoms with van der Waals surface area (Å²) in [7, 11) is 3.16. The Kier molecular flexibility index (Phi) is 5.53. The van der Waals surface area contributed by atoms with Crippen LogP contribution in [0.3, 0.4) is 0 Å². The smallest absolute Gasteiger partial charge is 0.251 e. The summed E-state index contributed by atoms with van der Waals surface area (Å²) in [6, 6.07) is 8.74. The van der Waals surface area contributed by atoms with Gasteiger partial charge in [0.05, 0.1) is 14.2 Å². The van der Waals surface area contributed by atoms with Gasteiger partial charge in [-0.2, -0.15) is 0 Å². The number of ether oxygens (including phenoxy) is 2. The van der Waals surface area contributed by atoms with Gasteiger partial charge in [-0.3, -0.25) is 9.59 Å². The second kappa shape index (κ2) is 8.26. The van der Waals surface area contributed by atoms with Gasteiger partial charge in [0.2, 0.25) is 5.91 Å². The molecule has 2 aliphatic rings. The minimum Gasteiger partial charge on any atom is -0.493 e. The van der Waals surface area contributed by atoms with Gasteiger partial charge in [-0.25, -0.2) is 0 Å². The van der Waals surface area contributed by atoms with Crippen LogP contribution in [0.25, 0.3) is 0 Å². The molecule has 2 aromatic rings. The van der Waals surface area contributed by atoms with E-state index in [-0.39, 0.29) is 11.8 Å². The normalized spacial score (nSPS) is 16.1. The van der Waals surface area contributed by atoms with Crippen molar-refractivity contribution in [2.24, 2.45) is 0 Å². The number of carbonyl (C=O) groups is 2. The maximum atomic E-state index is 13.4. The Hall–Kier alpha value is -3.22. The lowest BCUT2D eigenvalue weighted by Gasteiger charge is -2.26. The van der Waals surface area contributed by atoms with Gasteiger partial charge in [0.25, 0.3) is 5.91 Å². The first-order chi connectivity index (χ1) is 14.5. The van der Waals surface area contributed by atoms with E-state index in [1.54, 1.807) is 14.2 Å². The van der Waals surface area contributed by atoms with Gasteiger partial charge in [0.15, 0.2) is 11.5 Å². The van der Waals surface area contributed by atoms with E-state index in [9.17, 15) is 9.59 Å². The molecule has 0 saturated carbocycles. The monoisotopic (exact) mass is 409 g/mol. The number of hydrogen-bond acceptors (Lipinski definition) is 5. The van der Waals surface area contributed by atoms with Crippen molar-refractivity contribution in [1.29, 1.82) is 0 Å². The molecule has 1 unspecified atom stereocenters. The Bertz CT molecular complexity index is 983. The third-order valence-electron chi connectivity index (χ3n) is 5.86. The number of nitrogens with zero attached hydrogens (tertiary/aromatic N) is 1. The van der Waals surface area contributed by atoms with Crippen molar-refractivity contribution in [1.82, 2.24) is 10.2 Å². The van der Waals surface area contributed by atoms with Crippen LogP contribution in [0.2, 0.25) is 0 Å². The molecule has 2 aliphatic heterocycles. The number of rotatable bonds is 6. The van der Waals surface area contributed by atoms with Gasteiger partial charge in [0, 0.05) is 30.9 Å². The molecule has 1 fully saturated rings. The van der Waals surface area contributed by atoms with Crippen LogP contribution in [0.1, 0.15) is 45.9 Å². The number of benzene rings is 2. The fraction of sp³-hybridized carbons (Fsp3) is 0.391. The predicted molar refractivity (Wildman–Crippen MR) is 114 cm³/mol. The highest BCUT2D eigenvalue weighted by atomic mass is 16.5. The molecule has 0 radical (unpaired) electrons. The number of carbonyl (C=O) groups excluding carboxylic acids is 2. The summed E-state index contributed by atoms with van der Waals surface area (Å²) in [6.45, 7) is 4.05. The van der Waals surface area contributed by atoms with Crippen molar-refractivity contribution >= 4 is 17.5 Å². The van der Waals surface area contributed by atoms with Crippen molar-refractivity contribution in [3.05, 3.63) is 52.6 Å². The lowest BCUT2D eigenvalue weighted by molar-refractivity contribution is -0.131. The van der Waals surface area contributed by atoms with Crippen LogP contribution < -0.4 is 20.1 Å². The van der Waals surface area contributed by atoms with Crippen LogP contribution >= 0.6 is 0 Å². The highest BCUT2D eigenvalue weighted by Gasteiger charge is 2.30. The predicted octanol–water partition coefficient (Wildman–Crippen LogP) is 3.03. The Labute approximate surface area is 176 Å². The van der Waals surface area contributed by atoms with Crippen LogP contribution in [-0.2, 0) is 11.3 Å². The van der Waals surface area contributed by atoms with Crippen molar-refractivity contribution in [2.45, 2.75) is 32.4 Å². The van der Waals surface area contributed by atoms with Gasteiger partial charge in [-0.15, -0.1) is 0 Å². The van der Waals surface area contributed by atoms with E-state index in [0.29, 0.717) is 23.6 Å². The molecule has 2 aromatic carbocycles. The zero-order chi connectivity index (χ0) is 21.3. The standard InChI is InChI=1S/C23H27N3O4/c1-14-10-16(12-17-18(14)13-24-22(17)27)25-21(23(28)26-8-4-5-9-26)15-6-7-19(29-2)20(11-15)30-3/h6-7,10-12,21,25H,4-5,8-9,13H2,1-3H3,(H,24,27). The van der Waals surface area contributed by atoms with Crippen LogP contribution in [0.5, 0.6) is 11.5 Å². The highest BCUT2D eigenvalue weighted by molar-refractivity contribution is 6.00. The Morgan fingerprint density at radius 2 is 1.83 bits per heavy atom. The third-order valence-corrected chi connectivity index (χ3v) is 5.86. The molecule has 1 saturated heterocycles. The van der Waals surface area contributed by atoms with Crippen LogP contribution in [0.4, 0.5) is 5.69 Å². The maximum Gasteiger partial charge on any atom is 0.251 e. The molecule has 2 heterocycles. The van der Waals surface area contributed by atoms with E-state index in [0.717, 1.165) is 48.3 Å². The minimum atomic E-state index is -0.593. The molecule has 2 N–H and O–H groups in total. The Balaban J connectivity index is 1.71. The fourth-order valence-electron chi connectivity index (χ4n) is 4.21. The maximum absolute atomic E-state index is 13.4. The molecule has 2 amide bonds. The molecule has 0 aliphatic carbocycles. The van der Waals surface area contributed by atoms with E-state index < -0.39 is 6.04 Å². The number of amides is 2. The van der Waals surface area contributed by atoms with Crippen LogP contribution in [0, 0.1) is 6.92 Å². The van der Waals surface area contributed by atoms with Gasteiger partial charge >= 0.3 is 0 Å². The topological polar surface area (TPSA) is 79.9 Å². The molecule has 0 bridgehead atoms. The summed E-state index contributed by atoms with van der Waals surface area (Å²) < 4.78 is 10.8. The average Bonchev–Trinajstić information content (AvgIpc) is 3.42. The zero-order valence-corrected chi connectivity index (χ0v) is 17.6. The molecular formula is C23H27N3O4. The van der Waals surface area contributed by atoms with E-state index in [1.165, 1.54) is 0 Å². The fourth-order valence-corrected chi connectivity index (χ4v) is 4.21. The third kappa shape index (κ3) is 3.67. The average molecular weight is 409 g/mol. The number of methoxy groups -OCH3 is 2. The second-order valence-electron chi connectivity index (χ2n) is 7.73. The van der Waals surface area contributed by atoms with Crippen LogP contribution in [0.15, 0.2) is 30.3 Å². The van der Waals surface area contributed by atoms with E-state index in [2.05, 4.69) is 10.6 Å². The van der Waals surface area contributed by atoms with E-state index in [1.807, 2.05) is 42.2 Å². The van der Waals surface area contributed by atoms with Crippen molar-refractivity contribution in [3.8, 4) is 11.5 Å². The first kappa shape index (κ1) is 20.1. The quantitative estimate of drug-likeness (QED) is 0.767. The molecule has 0 spiro atoms. The molecule has 1 atom stereocenters. The lowest BCUT2D eigenvalue weighted by atomic mass is 10.0. The Morgan fingerprint density at radius 1 is 1.10 bits per heavy atom.